The van der Waals surface area contributed by atoms with Crippen LogP contribution in [0.2, 0.25) is 0 Å². The zero-order valence-electron chi connectivity index (χ0n) is 11.3. The maximum absolute atomic E-state index is 9.20. The molecular formula is C14H22N2O2. The van der Waals surface area contributed by atoms with E-state index in [0.29, 0.717) is 0 Å². The molecule has 18 heavy (non-hydrogen) atoms. The van der Waals surface area contributed by atoms with Gasteiger partial charge in [-0.05, 0) is 24.2 Å². The molecule has 100 valence electrons. The van der Waals surface area contributed by atoms with Gasteiger partial charge in [0, 0.05) is 26.3 Å². The van der Waals surface area contributed by atoms with Gasteiger partial charge in [-0.1, -0.05) is 19.1 Å². The van der Waals surface area contributed by atoms with Gasteiger partial charge in [0.15, 0.2) is 0 Å². The molecular weight excluding hydrogens is 228 g/mol. The van der Waals surface area contributed by atoms with Gasteiger partial charge in [-0.25, -0.2) is 0 Å². The summed E-state index contributed by atoms with van der Waals surface area (Å²) in [6.07, 6.45) is -0.0909. The minimum Gasteiger partial charge on any atom is -0.394 e. The first-order valence-electron chi connectivity index (χ1n) is 6.43. The molecule has 2 rings (SSSR count). The number of likely N-dealkylation sites (N-methyl/N-ethyl adjacent to an activating group) is 1. The Bertz CT molecular complexity index is 378. The molecule has 1 N–H and O–H groups in total. The Kier molecular flexibility index (Phi) is 4.22. The first kappa shape index (κ1) is 13.3. The molecule has 2 atom stereocenters. The number of nitrogens with zero attached hydrogens (tertiary/aromatic N) is 2. The van der Waals surface area contributed by atoms with Crippen LogP contribution < -0.4 is 4.90 Å². The molecule has 4 heteroatoms. The lowest BCUT2D eigenvalue weighted by molar-refractivity contribution is -0.0184. The maximum Gasteiger partial charge on any atom is 0.137 e. The van der Waals surface area contributed by atoms with Crippen LogP contribution in [0.5, 0.6) is 0 Å². The number of ether oxygens (including phenoxy) is 1. The third kappa shape index (κ3) is 2.66. The second-order valence-corrected chi connectivity index (χ2v) is 4.87. The summed E-state index contributed by atoms with van der Waals surface area (Å²) in [6, 6.07) is 8.39. The van der Waals surface area contributed by atoms with Crippen LogP contribution in [0.3, 0.4) is 0 Å². The van der Waals surface area contributed by atoms with E-state index in [9.17, 15) is 5.11 Å². The van der Waals surface area contributed by atoms with Crippen molar-refractivity contribution in [3.8, 4) is 0 Å². The van der Waals surface area contributed by atoms with Gasteiger partial charge >= 0.3 is 0 Å². The van der Waals surface area contributed by atoms with Gasteiger partial charge in [-0.2, -0.15) is 0 Å². The molecule has 2 unspecified atom stereocenters. The Balaban J connectivity index is 2.15. The first-order valence-corrected chi connectivity index (χ1v) is 6.43. The Labute approximate surface area is 109 Å². The van der Waals surface area contributed by atoms with Crippen LogP contribution in [0, 0.1) is 0 Å². The molecule has 4 nitrogen and oxygen atoms in total. The van der Waals surface area contributed by atoms with Crippen LogP contribution in [0.25, 0.3) is 0 Å². The van der Waals surface area contributed by atoms with Crippen molar-refractivity contribution in [2.24, 2.45) is 0 Å². The van der Waals surface area contributed by atoms with Crippen LogP contribution in [-0.2, 0) is 4.74 Å². The first-order chi connectivity index (χ1) is 8.65. The normalized spacial score (nSPS) is 24.4. The number of anilines is 1. The fourth-order valence-corrected chi connectivity index (χ4v) is 2.29. The number of aliphatic hydroxyl groups excluding tert-OH is 1. The molecule has 1 aromatic carbocycles. The van der Waals surface area contributed by atoms with Crippen molar-refractivity contribution in [3.63, 3.8) is 0 Å². The van der Waals surface area contributed by atoms with Crippen LogP contribution in [-0.4, -0.2) is 49.9 Å². The Hall–Kier alpha value is -1.10. The van der Waals surface area contributed by atoms with Gasteiger partial charge in [0.2, 0.25) is 0 Å². The van der Waals surface area contributed by atoms with Crippen molar-refractivity contribution in [2.45, 2.75) is 19.3 Å². The van der Waals surface area contributed by atoms with Crippen molar-refractivity contribution >= 4 is 5.69 Å². The molecule has 0 amide bonds. The number of hydrogen-bond acceptors (Lipinski definition) is 4. The van der Waals surface area contributed by atoms with Gasteiger partial charge < -0.3 is 14.7 Å². The highest BCUT2D eigenvalue weighted by molar-refractivity contribution is 5.46. The second-order valence-electron chi connectivity index (χ2n) is 4.87. The van der Waals surface area contributed by atoms with E-state index in [1.807, 2.05) is 14.1 Å². The number of aliphatic hydroxyl groups is 1. The lowest BCUT2D eigenvalue weighted by Gasteiger charge is -2.22. The van der Waals surface area contributed by atoms with E-state index in [4.69, 9.17) is 4.74 Å². The highest BCUT2D eigenvalue weighted by atomic mass is 16.5. The quantitative estimate of drug-likeness (QED) is 0.877. The van der Waals surface area contributed by atoms with Gasteiger partial charge in [-0.15, -0.1) is 0 Å². The molecule has 1 aromatic rings. The average Bonchev–Trinajstić information content (AvgIpc) is 2.82. The highest BCUT2D eigenvalue weighted by Gasteiger charge is 2.32. The summed E-state index contributed by atoms with van der Waals surface area (Å²) < 4.78 is 5.86. The molecule has 1 fully saturated rings. The van der Waals surface area contributed by atoms with Gasteiger partial charge in [0.25, 0.3) is 0 Å². The molecule has 1 aliphatic rings. The summed E-state index contributed by atoms with van der Waals surface area (Å²) in [5.41, 5.74) is 2.33. The monoisotopic (exact) mass is 250 g/mol. The van der Waals surface area contributed by atoms with Crippen LogP contribution in [0.4, 0.5) is 5.69 Å². The van der Waals surface area contributed by atoms with Crippen LogP contribution >= 0.6 is 0 Å². The predicted octanol–water partition coefficient (Wildman–Crippen LogP) is 1.46. The Morgan fingerprint density at radius 3 is 2.50 bits per heavy atom. The van der Waals surface area contributed by atoms with Crippen molar-refractivity contribution in [1.29, 1.82) is 0 Å². The minimum atomic E-state index is -0.0662. The molecule has 0 spiro atoms. The van der Waals surface area contributed by atoms with Gasteiger partial charge in [0.1, 0.15) is 6.23 Å². The molecule has 0 aliphatic carbocycles. The molecule has 0 saturated carbocycles. The summed E-state index contributed by atoms with van der Waals surface area (Å²) >= 11 is 0. The van der Waals surface area contributed by atoms with E-state index in [1.54, 1.807) is 0 Å². The SMILES string of the molecule is CCN1CC(CO)OC1c1ccc(N(C)C)cc1. The maximum atomic E-state index is 9.20. The number of rotatable bonds is 4. The van der Waals surface area contributed by atoms with E-state index in [1.165, 1.54) is 5.69 Å². The topological polar surface area (TPSA) is 35.9 Å². The second kappa shape index (κ2) is 5.69. The fraction of sp³-hybridized carbons (Fsp3) is 0.571. The Morgan fingerprint density at radius 2 is 2.00 bits per heavy atom. The molecule has 0 radical (unpaired) electrons. The van der Waals surface area contributed by atoms with E-state index < -0.39 is 0 Å². The minimum absolute atomic E-state index is 0.0247. The molecule has 1 heterocycles. The fourth-order valence-electron chi connectivity index (χ4n) is 2.29. The van der Waals surface area contributed by atoms with Crippen molar-refractivity contribution < 1.29 is 9.84 Å². The summed E-state index contributed by atoms with van der Waals surface area (Å²) in [5.74, 6) is 0. The predicted molar refractivity (Wildman–Crippen MR) is 72.7 cm³/mol. The number of hydrogen-bond donors (Lipinski definition) is 1. The van der Waals surface area contributed by atoms with Crippen LogP contribution in [0.1, 0.15) is 18.7 Å². The lowest BCUT2D eigenvalue weighted by Crippen LogP contribution is -2.25. The third-order valence-electron chi connectivity index (χ3n) is 3.40. The van der Waals surface area contributed by atoms with Gasteiger partial charge in [0.05, 0.1) is 12.7 Å². The molecule has 1 aliphatic heterocycles. The van der Waals surface area contributed by atoms with E-state index >= 15 is 0 Å². The standard InChI is InChI=1S/C14H22N2O2/c1-4-16-9-13(10-17)18-14(16)11-5-7-12(8-6-11)15(2)3/h5-8,13-14,17H,4,9-10H2,1-3H3. The van der Waals surface area contributed by atoms with E-state index in [2.05, 4.69) is 41.0 Å². The largest absolute Gasteiger partial charge is 0.394 e. The summed E-state index contributed by atoms with van der Waals surface area (Å²) in [6.45, 7) is 3.93. The van der Waals surface area contributed by atoms with E-state index in [-0.39, 0.29) is 18.9 Å². The van der Waals surface area contributed by atoms with Crippen molar-refractivity contribution in [1.82, 2.24) is 4.90 Å². The summed E-state index contributed by atoms with van der Waals surface area (Å²) in [7, 11) is 4.06. The van der Waals surface area contributed by atoms with E-state index in [0.717, 1.165) is 18.7 Å². The summed E-state index contributed by atoms with van der Waals surface area (Å²) in [5, 5.41) is 9.20. The van der Waals surface area contributed by atoms with Crippen LogP contribution in [0.15, 0.2) is 24.3 Å². The third-order valence-corrected chi connectivity index (χ3v) is 3.40. The average molecular weight is 250 g/mol. The molecule has 0 bridgehead atoms. The summed E-state index contributed by atoms with van der Waals surface area (Å²) in [4.78, 5) is 4.32. The van der Waals surface area contributed by atoms with Crippen molar-refractivity contribution in [3.05, 3.63) is 29.8 Å². The van der Waals surface area contributed by atoms with Crippen molar-refractivity contribution in [2.75, 3.05) is 38.7 Å². The zero-order chi connectivity index (χ0) is 13.1. The lowest BCUT2D eigenvalue weighted by atomic mass is 10.1. The molecule has 0 aromatic heterocycles. The smallest absolute Gasteiger partial charge is 0.137 e. The molecule has 1 saturated heterocycles. The Morgan fingerprint density at radius 1 is 1.33 bits per heavy atom. The zero-order valence-corrected chi connectivity index (χ0v) is 11.3. The highest BCUT2D eigenvalue weighted by Crippen LogP contribution is 2.30. The van der Waals surface area contributed by atoms with Gasteiger partial charge in [-0.3, -0.25) is 4.90 Å². The number of benzene rings is 1.